The van der Waals surface area contributed by atoms with Crippen LogP contribution < -0.4 is 10.1 Å². The van der Waals surface area contributed by atoms with Crippen molar-refractivity contribution in [1.29, 1.82) is 0 Å². The van der Waals surface area contributed by atoms with Crippen LogP contribution >= 0.6 is 0 Å². The number of hydrogen-bond acceptors (Lipinski definition) is 3. The van der Waals surface area contributed by atoms with Gasteiger partial charge in [0.05, 0.1) is 6.61 Å². The first-order chi connectivity index (χ1) is 9.16. The molecule has 20 heavy (non-hydrogen) atoms. The van der Waals surface area contributed by atoms with E-state index in [4.69, 9.17) is 4.74 Å². The van der Waals surface area contributed by atoms with Crippen LogP contribution in [0.4, 0.5) is 13.2 Å². The van der Waals surface area contributed by atoms with Gasteiger partial charge in [0.15, 0.2) is 0 Å². The number of alkyl halides is 3. The van der Waals surface area contributed by atoms with Crippen molar-refractivity contribution in [1.82, 2.24) is 5.32 Å². The average Bonchev–Trinajstić information content (AvgIpc) is 2.31. The van der Waals surface area contributed by atoms with E-state index < -0.39 is 13.0 Å². The minimum Gasteiger partial charge on any atom is -0.491 e. The van der Waals surface area contributed by atoms with Crippen LogP contribution in [0.5, 0.6) is 5.75 Å². The van der Waals surface area contributed by atoms with E-state index in [1.165, 1.54) is 0 Å². The molecule has 0 unspecified atom stereocenters. The lowest BCUT2D eigenvalue weighted by Gasteiger charge is -2.20. The van der Waals surface area contributed by atoms with E-state index in [1.807, 2.05) is 6.07 Å². The highest BCUT2D eigenvalue weighted by Gasteiger charge is 2.28. The maximum Gasteiger partial charge on any atom is 0.522 e. The summed E-state index contributed by atoms with van der Waals surface area (Å²) in [5, 5.41) is 3.32. The van der Waals surface area contributed by atoms with Crippen LogP contribution in [0.2, 0.25) is 0 Å². The van der Waals surface area contributed by atoms with Crippen molar-refractivity contribution in [3.63, 3.8) is 0 Å². The van der Waals surface area contributed by atoms with E-state index in [9.17, 15) is 13.2 Å². The Labute approximate surface area is 117 Å². The molecule has 1 rings (SSSR count). The van der Waals surface area contributed by atoms with E-state index in [2.05, 4.69) is 30.8 Å². The Kier molecular flexibility index (Phi) is 5.83. The van der Waals surface area contributed by atoms with Crippen LogP contribution in [0, 0.1) is 0 Å². The van der Waals surface area contributed by atoms with Crippen molar-refractivity contribution in [3.05, 3.63) is 29.8 Å². The lowest BCUT2D eigenvalue weighted by molar-refractivity contribution is -0.325. The molecule has 0 saturated carbocycles. The minimum atomic E-state index is -4.61. The largest absolute Gasteiger partial charge is 0.522 e. The van der Waals surface area contributed by atoms with Crippen molar-refractivity contribution in [2.24, 2.45) is 0 Å². The summed E-state index contributed by atoms with van der Waals surface area (Å²) in [7, 11) is 0. The van der Waals surface area contributed by atoms with E-state index in [-0.39, 0.29) is 12.1 Å². The molecule has 0 aliphatic rings. The fourth-order valence-corrected chi connectivity index (χ4v) is 1.43. The molecule has 0 saturated heterocycles. The molecule has 0 radical (unpaired) electrons. The summed E-state index contributed by atoms with van der Waals surface area (Å²) in [5.74, 6) is 0.531. The molecule has 0 fully saturated rings. The monoisotopic (exact) mass is 291 g/mol. The minimum absolute atomic E-state index is 0.00257. The predicted octanol–water partition coefficient (Wildman–Crippen LogP) is 3.49. The highest BCUT2D eigenvalue weighted by molar-refractivity contribution is 5.28. The van der Waals surface area contributed by atoms with Gasteiger partial charge in [-0.3, -0.25) is 4.74 Å². The fourth-order valence-electron chi connectivity index (χ4n) is 1.43. The molecule has 0 amide bonds. The third-order valence-corrected chi connectivity index (χ3v) is 2.34. The van der Waals surface area contributed by atoms with Crippen molar-refractivity contribution >= 4 is 0 Å². The SMILES string of the molecule is CC(C)(C)NCc1cccc(OCCOC(F)(F)F)c1. The molecule has 1 aromatic carbocycles. The van der Waals surface area contributed by atoms with Crippen LogP contribution in [0.3, 0.4) is 0 Å². The number of halogens is 3. The second-order valence-corrected chi connectivity index (χ2v) is 5.39. The molecule has 0 atom stereocenters. The van der Waals surface area contributed by atoms with Gasteiger partial charge in [0.25, 0.3) is 0 Å². The summed E-state index contributed by atoms with van der Waals surface area (Å²) < 4.78 is 44.2. The Bertz CT molecular complexity index is 414. The van der Waals surface area contributed by atoms with E-state index in [0.29, 0.717) is 12.3 Å². The van der Waals surface area contributed by atoms with Gasteiger partial charge in [0.2, 0.25) is 0 Å². The highest BCUT2D eigenvalue weighted by Crippen LogP contribution is 2.17. The molecule has 1 aromatic rings. The Morgan fingerprint density at radius 2 is 1.80 bits per heavy atom. The third kappa shape index (κ3) is 8.01. The standard InChI is InChI=1S/C14H20F3NO2/c1-13(2,3)18-10-11-5-4-6-12(9-11)19-7-8-20-14(15,16)17/h4-6,9,18H,7-8,10H2,1-3H3. The Morgan fingerprint density at radius 3 is 2.40 bits per heavy atom. The van der Waals surface area contributed by atoms with Gasteiger partial charge >= 0.3 is 6.36 Å². The topological polar surface area (TPSA) is 30.5 Å². The molecule has 0 heterocycles. The molecule has 0 aromatic heterocycles. The molecule has 0 bridgehead atoms. The summed E-state index contributed by atoms with van der Waals surface area (Å²) in [6, 6.07) is 7.23. The van der Waals surface area contributed by atoms with Crippen LogP contribution in [0.1, 0.15) is 26.3 Å². The van der Waals surface area contributed by atoms with Crippen molar-refractivity contribution in [2.75, 3.05) is 13.2 Å². The lowest BCUT2D eigenvalue weighted by atomic mass is 10.1. The quantitative estimate of drug-likeness (QED) is 0.814. The summed E-state index contributed by atoms with van der Waals surface area (Å²) in [5.41, 5.74) is 1.01. The number of hydrogen-bond donors (Lipinski definition) is 1. The van der Waals surface area contributed by atoms with E-state index in [0.717, 1.165) is 5.56 Å². The first kappa shape index (κ1) is 16.8. The normalized spacial score (nSPS) is 12.5. The summed E-state index contributed by atoms with van der Waals surface area (Å²) in [4.78, 5) is 0. The molecule has 0 aliphatic heterocycles. The van der Waals surface area contributed by atoms with Gasteiger partial charge in [0, 0.05) is 12.1 Å². The zero-order chi connectivity index (χ0) is 15.2. The summed E-state index contributed by atoms with van der Waals surface area (Å²) >= 11 is 0. The number of nitrogens with one attached hydrogen (secondary N) is 1. The maximum absolute atomic E-state index is 11.8. The second kappa shape index (κ2) is 6.95. The van der Waals surface area contributed by atoms with Crippen LogP contribution in [-0.2, 0) is 11.3 Å². The first-order valence-electron chi connectivity index (χ1n) is 6.33. The first-order valence-corrected chi connectivity index (χ1v) is 6.33. The van der Waals surface area contributed by atoms with Crippen molar-refractivity contribution < 1.29 is 22.6 Å². The molecule has 0 aliphatic carbocycles. The van der Waals surface area contributed by atoms with Gasteiger partial charge in [-0.2, -0.15) is 0 Å². The van der Waals surface area contributed by atoms with Gasteiger partial charge in [-0.05, 0) is 38.5 Å². The molecule has 6 heteroatoms. The van der Waals surface area contributed by atoms with Crippen LogP contribution in [0.25, 0.3) is 0 Å². The molecule has 3 nitrogen and oxygen atoms in total. The average molecular weight is 291 g/mol. The fraction of sp³-hybridized carbons (Fsp3) is 0.571. The molecule has 0 spiro atoms. The number of ether oxygens (including phenoxy) is 2. The van der Waals surface area contributed by atoms with Gasteiger partial charge in [-0.25, -0.2) is 0 Å². The zero-order valence-corrected chi connectivity index (χ0v) is 11.9. The van der Waals surface area contributed by atoms with Gasteiger partial charge < -0.3 is 10.1 Å². The van der Waals surface area contributed by atoms with Gasteiger partial charge in [0.1, 0.15) is 12.4 Å². The maximum atomic E-state index is 11.8. The van der Waals surface area contributed by atoms with Crippen molar-refractivity contribution in [3.8, 4) is 5.75 Å². The highest BCUT2D eigenvalue weighted by atomic mass is 19.4. The zero-order valence-electron chi connectivity index (χ0n) is 11.9. The predicted molar refractivity (Wildman–Crippen MR) is 70.5 cm³/mol. The Balaban J connectivity index is 2.40. The Hall–Kier alpha value is -1.27. The number of rotatable bonds is 6. The van der Waals surface area contributed by atoms with Crippen LogP contribution in [0.15, 0.2) is 24.3 Å². The number of benzene rings is 1. The van der Waals surface area contributed by atoms with E-state index in [1.54, 1.807) is 18.2 Å². The molecule has 114 valence electrons. The van der Waals surface area contributed by atoms with Gasteiger partial charge in [-0.1, -0.05) is 12.1 Å². The lowest BCUT2D eigenvalue weighted by Crippen LogP contribution is -2.35. The smallest absolute Gasteiger partial charge is 0.491 e. The third-order valence-electron chi connectivity index (χ3n) is 2.34. The van der Waals surface area contributed by atoms with Gasteiger partial charge in [-0.15, -0.1) is 13.2 Å². The molecular weight excluding hydrogens is 271 g/mol. The summed E-state index contributed by atoms with van der Waals surface area (Å²) in [6.45, 7) is 6.18. The molecular formula is C14H20F3NO2. The van der Waals surface area contributed by atoms with Crippen molar-refractivity contribution in [2.45, 2.75) is 39.2 Å². The second-order valence-electron chi connectivity index (χ2n) is 5.39. The summed E-state index contributed by atoms with van der Waals surface area (Å²) in [6.07, 6.45) is -4.61. The Morgan fingerprint density at radius 1 is 1.10 bits per heavy atom. The molecule has 1 N–H and O–H groups in total. The van der Waals surface area contributed by atoms with Crippen LogP contribution in [-0.4, -0.2) is 25.1 Å². The van der Waals surface area contributed by atoms with E-state index >= 15 is 0 Å².